The van der Waals surface area contributed by atoms with Crippen molar-refractivity contribution in [3.05, 3.63) is 35.9 Å². The van der Waals surface area contributed by atoms with E-state index in [9.17, 15) is 14.7 Å². The van der Waals surface area contributed by atoms with Gasteiger partial charge in [-0.3, -0.25) is 9.59 Å². The molecule has 110 valence electrons. The van der Waals surface area contributed by atoms with E-state index >= 15 is 0 Å². The third-order valence-electron chi connectivity index (χ3n) is 3.01. The Bertz CT molecular complexity index is 446. The number of aliphatic hydroxyl groups is 1. The number of hydrogen-bond donors (Lipinski definition) is 2. The second-order valence-corrected chi connectivity index (χ2v) is 4.96. The Hall–Kier alpha value is -1.88. The van der Waals surface area contributed by atoms with Crippen molar-refractivity contribution in [3.8, 4) is 0 Å². The van der Waals surface area contributed by atoms with Gasteiger partial charge in [0.1, 0.15) is 6.04 Å². The van der Waals surface area contributed by atoms with E-state index in [0.717, 1.165) is 0 Å². The fourth-order valence-electron chi connectivity index (χ4n) is 1.75. The predicted octanol–water partition coefficient (Wildman–Crippen LogP) is 1.03. The third-order valence-corrected chi connectivity index (χ3v) is 3.01. The van der Waals surface area contributed by atoms with Gasteiger partial charge in [-0.1, -0.05) is 18.2 Å². The Morgan fingerprint density at radius 3 is 2.40 bits per heavy atom. The smallest absolute Gasteiger partial charge is 0.251 e. The number of nitrogens with one attached hydrogen (secondary N) is 1. The van der Waals surface area contributed by atoms with Crippen LogP contribution in [0.1, 0.15) is 30.6 Å². The van der Waals surface area contributed by atoms with Crippen LogP contribution in [-0.4, -0.2) is 47.6 Å². The van der Waals surface area contributed by atoms with Crippen LogP contribution in [0.4, 0.5) is 0 Å². The Morgan fingerprint density at radius 2 is 1.85 bits per heavy atom. The van der Waals surface area contributed by atoms with E-state index in [-0.39, 0.29) is 11.8 Å². The van der Waals surface area contributed by atoms with Gasteiger partial charge in [-0.2, -0.15) is 0 Å². The molecule has 1 aromatic rings. The van der Waals surface area contributed by atoms with Gasteiger partial charge in [-0.25, -0.2) is 0 Å². The van der Waals surface area contributed by atoms with E-state index < -0.39 is 12.1 Å². The first-order valence-corrected chi connectivity index (χ1v) is 6.70. The van der Waals surface area contributed by atoms with Crippen molar-refractivity contribution >= 4 is 11.8 Å². The Kier molecular flexibility index (Phi) is 6.18. The summed E-state index contributed by atoms with van der Waals surface area (Å²) in [6.07, 6.45) is 0.0705. The number of rotatable bonds is 6. The van der Waals surface area contributed by atoms with E-state index in [1.807, 2.05) is 6.07 Å². The molecule has 0 heterocycles. The van der Waals surface area contributed by atoms with Crippen LogP contribution in [0.5, 0.6) is 0 Å². The lowest BCUT2D eigenvalue weighted by atomic mass is 10.2. The average molecular weight is 278 g/mol. The molecule has 20 heavy (non-hydrogen) atoms. The molecule has 0 radical (unpaired) electrons. The van der Waals surface area contributed by atoms with Gasteiger partial charge in [0, 0.05) is 19.2 Å². The number of carbonyl (C=O) groups is 2. The van der Waals surface area contributed by atoms with Crippen LogP contribution in [0.2, 0.25) is 0 Å². The molecule has 2 N–H and O–H groups in total. The molecular formula is C15H22N2O3. The highest BCUT2D eigenvalue weighted by Gasteiger charge is 2.20. The first-order chi connectivity index (χ1) is 9.41. The summed E-state index contributed by atoms with van der Waals surface area (Å²) in [7, 11) is 1.66. The van der Waals surface area contributed by atoms with Gasteiger partial charge in [0.2, 0.25) is 5.91 Å². The SMILES string of the molecule is CC(O)CCN(C)C(=O)C(C)NC(=O)c1ccccc1. The molecule has 0 saturated carbocycles. The molecule has 0 spiro atoms. The highest BCUT2D eigenvalue weighted by Crippen LogP contribution is 2.01. The van der Waals surface area contributed by atoms with Crippen LogP contribution in [-0.2, 0) is 4.79 Å². The zero-order chi connectivity index (χ0) is 15.1. The number of hydrogen-bond acceptors (Lipinski definition) is 3. The van der Waals surface area contributed by atoms with Crippen LogP contribution in [0.15, 0.2) is 30.3 Å². The standard InChI is InChI=1S/C15H22N2O3/c1-11(18)9-10-17(3)15(20)12(2)16-14(19)13-7-5-4-6-8-13/h4-8,11-12,18H,9-10H2,1-3H3,(H,16,19). The first-order valence-electron chi connectivity index (χ1n) is 6.70. The van der Waals surface area contributed by atoms with Gasteiger partial charge in [0.15, 0.2) is 0 Å². The van der Waals surface area contributed by atoms with Crippen molar-refractivity contribution in [2.75, 3.05) is 13.6 Å². The van der Waals surface area contributed by atoms with Crippen LogP contribution >= 0.6 is 0 Å². The molecule has 0 fully saturated rings. The summed E-state index contributed by atoms with van der Waals surface area (Å²) < 4.78 is 0. The third kappa shape index (κ3) is 5.01. The summed E-state index contributed by atoms with van der Waals surface area (Å²) >= 11 is 0. The minimum atomic E-state index is -0.596. The second kappa shape index (κ2) is 7.65. The van der Waals surface area contributed by atoms with Crippen molar-refractivity contribution in [2.24, 2.45) is 0 Å². The van der Waals surface area contributed by atoms with Crippen molar-refractivity contribution in [3.63, 3.8) is 0 Å². The first kappa shape index (κ1) is 16.2. The monoisotopic (exact) mass is 278 g/mol. The summed E-state index contributed by atoms with van der Waals surface area (Å²) in [5, 5.41) is 11.9. The highest BCUT2D eigenvalue weighted by molar-refractivity contribution is 5.97. The molecule has 2 amide bonds. The summed E-state index contributed by atoms with van der Waals surface area (Å²) in [5.41, 5.74) is 0.527. The maximum Gasteiger partial charge on any atom is 0.251 e. The minimum Gasteiger partial charge on any atom is -0.393 e. The number of carbonyl (C=O) groups excluding carboxylic acids is 2. The van der Waals surface area contributed by atoms with Gasteiger partial charge in [-0.05, 0) is 32.4 Å². The Balaban J connectivity index is 2.51. The van der Waals surface area contributed by atoms with Gasteiger partial charge < -0.3 is 15.3 Å². The Labute approximate surface area is 119 Å². The fourth-order valence-corrected chi connectivity index (χ4v) is 1.75. The zero-order valence-electron chi connectivity index (χ0n) is 12.2. The lowest BCUT2D eigenvalue weighted by molar-refractivity contribution is -0.131. The Morgan fingerprint density at radius 1 is 1.25 bits per heavy atom. The molecule has 5 heteroatoms. The summed E-state index contributed by atoms with van der Waals surface area (Å²) in [6, 6.07) is 8.18. The van der Waals surface area contributed by atoms with Crippen LogP contribution in [0.25, 0.3) is 0 Å². The van der Waals surface area contributed by atoms with Gasteiger partial charge in [0.25, 0.3) is 5.91 Å². The molecule has 0 bridgehead atoms. The van der Waals surface area contributed by atoms with E-state index in [4.69, 9.17) is 0 Å². The largest absolute Gasteiger partial charge is 0.393 e. The summed E-state index contributed by atoms with van der Waals surface area (Å²) in [6.45, 7) is 3.79. The molecule has 0 saturated heterocycles. The van der Waals surface area contributed by atoms with E-state index in [0.29, 0.717) is 18.5 Å². The van der Waals surface area contributed by atoms with Crippen molar-refractivity contribution in [1.29, 1.82) is 0 Å². The molecule has 0 aliphatic heterocycles. The van der Waals surface area contributed by atoms with Crippen molar-refractivity contribution < 1.29 is 14.7 Å². The molecule has 1 aromatic carbocycles. The van der Waals surface area contributed by atoms with Gasteiger partial charge in [0.05, 0.1) is 6.10 Å². The van der Waals surface area contributed by atoms with Gasteiger partial charge >= 0.3 is 0 Å². The molecule has 0 aromatic heterocycles. The predicted molar refractivity (Wildman–Crippen MR) is 77.3 cm³/mol. The van der Waals surface area contributed by atoms with Crippen LogP contribution in [0, 0.1) is 0 Å². The van der Waals surface area contributed by atoms with Crippen molar-refractivity contribution in [2.45, 2.75) is 32.4 Å². The molecule has 0 aliphatic rings. The lowest BCUT2D eigenvalue weighted by Crippen LogP contribution is -2.46. The minimum absolute atomic E-state index is 0.171. The molecular weight excluding hydrogens is 256 g/mol. The van der Waals surface area contributed by atoms with E-state index in [2.05, 4.69) is 5.32 Å². The van der Waals surface area contributed by atoms with Crippen LogP contribution in [0.3, 0.4) is 0 Å². The van der Waals surface area contributed by atoms with Gasteiger partial charge in [-0.15, -0.1) is 0 Å². The maximum atomic E-state index is 12.1. The number of amides is 2. The zero-order valence-corrected chi connectivity index (χ0v) is 12.2. The molecule has 1 rings (SSSR count). The maximum absolute atomic E-state index is 12.1. The quantitative estimate of drug-likeness (QED) is 0.816. The average Bonchev–Trinajstić information content (AvgIpc) is 2.44. The number of benzene rings is 1. The van der Waals surface area contributed by atoms with Crippen molar-refractivity contribution in [1.82, 2.24) is 10.2 Å². The molecule has 5 nitrogen and oxygen atoms in total. The highest BCUT2D eigenvalue weighted by atomic mass is 16.3. The normalized spacial score (nSPS) is 13.4. The topological polar surface area (TPSA) is 69.6 Å². The van der Waals surface area contributed by atoms with E-state index in [1.165, 1.54) is 4.90 Å². The number of aliphatic hydroxyl groups excluding tert-OH is 1. The molecule has 0 aliphatic carbocycles. The number of likely N-dealkylation sites (N-methyl/N-ethyl adjacent to an activating group) is 1. The number of nitrogens with zero attached hydrogens (tertiary/aromatic N) is 1. The molecule has 2 atom stereocenters. The summed E-state index contributed by atoms with van der Waals surface area (Å²) in [5.74, 6) is -0.440. The fraction of sp³-hybridized carbons (Fsp3) is 0.467. The lowest BCUT2D eigenvalue weighted by Gasteiger charge is -2.22. The summed E-state index contributed by atoms with van der Waals surface area (Å²) in [4.78, 5) is 25.5. The van der Waals surface area contributed by atoms with E-state index in [1.54, 1.807) is 45.2 Å². The second-order valence-electron chi connectivity index (χ2n) is 4.96. The van der Waals surface area contributed by atoms with Crippen LogP contribution < -0.4 is 5.32 Å². The molecule has 2 unspecified atom stereocenters.